The second kappa shape index (κ2) is 6.05. The molecular formula is C10H21N3O2. The van der Waals surface area contributed by atoms with Gasteiger partial charge in [0.2, 0.25) is 5.91 Å². The molecule has 1 saturated heterocycles. The number of morpholine rings is 1. The molecule has 5 heteroatoms. The number of nitrogens with zero attached hydrogens (tertiary/aromatic N) is 2. The van der Waals surface area contributed by atoms with Crippen molar-refractivity contribution in [2.45, 2.75) is 6.10 Å². The van der Waals surface area contributed by atoms with E-state index in [1.165, 1.54) is 0 Å². The topological polar surface area (TPSA) is 44.8 Å². The average Bonchev–Trinajstić information content (AvgIpc) is 2.17. The highest BCUT2D eigenvalue weighted by Gasteiger charge is 2.23. The first-order chi connectivity index (χ1) is 7.13. The van der Waals surface area contributed by atoms with E-state index in [0.717, 1.165) is 6.54 Å². The number of amides is 1. The minimum absolute atomic E-state index is 0.134. The fourth-order valence-electron chi connectivity index (χ4n) is 1.67. The molecule has 0 aromatic heterocycles. The number of carbonyl (C=O) groups is 1. The Balaban J connectivity index is 2.38. The van der Waals surface area contributed by atoms with Gasteiger partial charge in [0.1, 0.15) is 0 Å². The third-order valence-electron chi connectivity index (χ3n) is 2.37. The fraction of sp³-hybridized carbons (Fsp3) is 0.900. The molecule has 1 heterocycles. The predicted molar refractivity (Wildman–Crippen MR) is 58.8 cm³/mol. The summed E-state index contributed by atoms with van der Waals surface area (Å²) >= 11 is 0. The lowest BCUT2D eigenvalue weighted by atomic mass is 10.2. The maximum absolute atomic E-state index is 11.8. The van der Waals surface area contributed by atoms with Gasteiger partial charge in [-0.25, -0.2) is 0 Å². The molecule has 5 nitrogen and oxygen atoms in total. The maximum atomic E-state index is 11.8. The molecule has 1 N–H and O–H groups in total. The van der Waals surface area contributed by atoms with Crippen LogP contribution in [0.5, 0.6) is 0 Å². The molecule has 1 aliphatic heterocycles. The minimum Gasteiger partial charge on any atom is -0.373 e. The van der Waals surface area contributed by atoms with Crippen LogP contribution in [0, 0.1) is 0 Å². The molecule has 15 heavy (non-hydrogen) atoms. The average molecular weight is 215 g/mol. The van der Waals surface area contributed by atoms with Gasteiger partial charge in [0.15, 0.2) is 0 Å². The van der Waals surface area contributed by atoms with E-state index in [9.17, 15) is 4.79 Å². The Kier molecular flexibility index (Phi) is 5.01. The molecule has 1 unspecified atom stereocenters. The number of carbonyl (C=O) groups excluding carboxylic acids is 1. The third-order valence-corrected chi connectivity index (χ3v) is 2.37. The summed E-state index contributed by atoms with van der Waals surface area (Å²) in [6, 6.07) is 0. The number of likely N-dealkylation sites (N-methyl/N-ethyl adjacent to an activating group) is 2. The predicted octanol–water partition coefficient (Wildman–Crippen LogP) is -1.01. The molecule has 1 aliphatic rings. The van der Waals surface area contributed by atoms with Crippen molar-refractivity contribution in [1.29, 1.82) is 0 Å². The van der Waals surface area contributed by atoms with Crippen LogP contribution in [-0.4, -0.2) is 75.7 Å². The van der Waals surface area contributed by atoms with Crippen LogP contribution in [0.2, 0.25) is 0 Å². The van der Waals surface area contributed by atoms with E-state index >= 15 is 0 Å². The summed E-state index contributed by atoms with van der Waals surface area (Å²) in [6.07, 6.45) is 0.134. The van der Waals surface area contributed by atoms with Gasteiger partial charge in [-0.1, -0.05) is 0 Å². The summed E-state index contributed by atoms with van der Waals surface area (Å²) in [6.45, 7) is 3.34. The molecule has 1 rings (SSSR count). The molecule has 0 spiro atoms. The minimum atomic E-state index is 0.134. The fourth-order valence-corrected chi connectivity index (χ4v) is 1.67. The molecule has 0 aliphatic carbocycles. The quantitative estimate of drug-likeness (QED) is 0.653. The smallest absolute Gasteiger partial charge is 0.236 e. The summed E-state index contributed by atoms with van der Waals surface area (Å²) in [4.78, 5) is 15.5. The van der Waals surface area contributed by atoms with Crippen LogP contribution in [0.1, 0.15) is 0 Å². The zero-order valence-electron chi connectivity index (χ0n) is 9.82. The first kappa shape index (κ1) is 12.4. The van der Waals surface area contributed by atoms with E-state index in [2.05, 4.69) is 5.32 Å². The molecule has 0 saturated carbocycles. The second-order valence-electron chi connectivity index (χ2n) is 4.13. The van der Waals surface area contributed by atoms with Crippen molar-refractivity contribution >= 4 is 5.91 Å². The van der Waals surface area contributed by atoms with Crippen LogP contribution >= 0.6 is 0 Å². The Hall–Kier alpha value is -0.650. The zero-order valence-corrected chi connectivity index (χ0v) is 9.82. The number of nitrogens with one attached hydrogen (secondary N) is 1. The molecule has 1 fully saturated rings. The Morgan fingerprint density at radius 3 is 2.93 bits per heavy atom. The molecule has 1 atom stereocenters. The van der Waals surface area contributed by atoms with Crippen molar-refractivity contribution in [3.63, 3.8) is 0 Å². The SMILES string of the molecule is CNCC1CN(C(=O)CN(C)C)CCO1. The summed E-state index contributed by atoms with van der Waals surface area (Å²) in [5.74, 6) is 0.185. The first-order valence-corrected chi connectivity index (χ1v) is 5.32. The van der Waals surface area contributed by atoms with Crippen molar-refractivity contribution in [1.82, 2.24) is 15.1 Å². The second-order valence-corrected chi connectivity index (χ2v) is 4.13. The van der Waals surface area contributed by atoms with E-state index in [0.29, 0.717) is 26.2 Å². The van der Waals surface area contributed by atoms with Gasteiger partial charge in [-0.05, 0) is 21.1 Å². The molecule has 0 aromatic carbocycles. The molecule has 0 bridgehead atoms. The van der Waals surface area contributed by atoms with Crippen LogP contribution in [-0.2, 0) is 9.53 Å². The van der Waals surface area contributed by atoms with Crippen molar-refractivity contribution in [2.75, 3.05) is 53.9 Å². The van der Waals surface area contributed by atoms with Crippen molar-refractivity contribution in [2.24, 2.45) is 0 Å². The first-order valence-electron chi connectivity index (χ1n) is 5.32. The van der Waals surface area contributed by atoms with Gasteiger partial charge < -0.3 is 19.9 Å². The van der Waals surface area contributed by atoms with Gasteiger partial charge in [-0.15, -0.1) is 0 Å². The largest absolute Gasteiger partial charge is 0.373 e. The van der Waals surface area contributed by atoms with E-state index < -0.39 is 0 Å². The van der Waals surface area contributed by atoms with Crippen LogP contribution in [0.4, 0.5) is 0 Å². The summed E-state index contributed by atoms with van der Waals surface area (Å²) < 4.78 is 5.53. The molecule has 0 radical (unpaired) electrons. The van der Waals surface area contributed by atoms with Gasteiger partial charge >= 0.3 is 0 Å². The van der Waals surface area contributed by atoms with Gasteiger partial charge in [-0.3, -0.25) is 4.79 Å². The third kappa shape index (κ3) is 4.15. The number of ether oxygens (including phenoxy) is 1. The standard InChI is InChI=1S/C10H21N3O2/c1-11-6-9-7-13(4-5-15-9)10(14)8-12(2)3/h9,11H,4-8H2,1-3H3. The van der Waals surface area contributed by atoms with Crippen molar-refractivity contribution < 1.29 is 9.53 Å². The number of hydrogen-bond acceptors (Lipinski definition) is 4. The lowest BCUT2D eigenvalue weighted by Crippen LogP contribution is -2.50. The van der Waals surface area contributed by atoms with E-state index in [4.69, 9.17) is 4.74 Å². The maximum Gasteiger partial charge on any atom is 0.236 e. The van der Waals surface area contributed by atoms with Gasteiger partial charge in [0.25, 0.3) is 0 Å². The van der Waals surface area contributed by atoms with Crippen LogP contribution in [0.15, 0.2) is 0 Å². The molecule has 0 aromatic rings. The highest BCUT2D eigenvalue weighted by molar-refractivity contribution is 5.78. The summed E-state index contributed by atoms with van der Waals surface area (Å²) in [5, 5.41) is 3.06. The van der Waals surface area contributed by atoms with Crippen LogP contribution in [0.3, 0.4) is 0 Å². The van der Waals surface area contributed by atoms with Crippen LogP contribution < -0.4 is 5.32 Å². The summed E-state index contributed by atoms with van der Waals surface area (Å²) in [5.41, 5.74) is 0. The molecular weight excluding hydrogens is 194 g/mol. The molecule has 88 valence electrons. The lowest BCUT2D eigenvalue weighted by Gasteiger charge is -2.33. The number of hydrogen-bond donors (Lipinski definition) is 1. The highest BCUT2D eigenvalue weighted by atomic mass is 16.5. The monoisotopic (exact) mass is 215 g/mol. The highest BCUT2D eigenvalue weighted by Crippen LogP contribution is 2.04. The zero-order chi connectivity index (χ0) is 11.3. The number of rotatable bonds is 4. The van der Waals surface area contributed by atoms with E-state index in [1.807, 2.05) is 30.9 Å². The van der Waals surface area contributed by atoms with Crippen molar-refractivity contribution in [3.8, 4) is 0 Å². The van der Waals surface area contributed by atoms with Crippen LogP contribution in [0.25, 0.3) is 0 Å². The Morgan fingerprint density at radius 2 is 2.33 bits per heavy atom. The van der Waals surface area contributed by atoms with E-state index in [-0.39, 0.29) is 12.0 Å². The molecule has 1 amide bonds. The lowest BCUT2D eigenvalue weighted by molar-refractivity contribution is -0.139. The normalized spacial score (nSPS) is 22.1. The van der Waals surface area contributed by atoms with Gasteiger partial charge in [-0.2, -0.15) is 0 Å². The summed E-state index contributed by atoms with van der Waals surface area (Å²) in [7, 11) is 5.71. The van der Waals surface area contributed by atoms with E-state index in [1.54, 1.807) is 0 Å². The Labute approximate surface area is 91.4 Å². The van der Waals surface area contributed by atoms with Gasteiger partial charge in [0.05, 0.1) is 19.3 Å². The van der Waals surface area contributed by atoms with Crippen molar-refractivity contribution in [3.05, 3.63) is 0 Å². The Bertz CT molecular complexity index is 207. The Morgan fingerprint density at radius 1 is 1.60 bits per heavy atom. The van der Waals surface area contributed by atoms with Gasteiger partial charge in [0, 0.05) is 19.6 Å².